The van der Waals surface area contributed by atoms with E-state index >= 15 is 0 Å². The first-order valence-corrected chi connectivity index (χ1v) is 4.54. The summed E-state index contributed by atoms with van der Waals surface area (Å²) in [6.45, 7) is 5.98. The van der Waals surface area contributed by atoms with Crippen LogP contribution in [0, 0.1) is 0 Å². The Bertz CT molecular complexity index is 150. The molecule has 0 amide bonds. The van der Waals surface area contributed by atoms with E-state index in [1.807, 2.05) is 13.8 Å². The van der Waals surface area contributed by atoms with E-state index in [4.69, 9.17) is 15.7 Å². The average Bonchev–Trinajstić information content (AvgIpc) is 2.17. The maximum Gasteiger partial charge on any atom is 0.156 e. The summed E-state index contributed by atoms with van der Waals surface area (Å²) in [5, 5.41) is 14.5. The van der Waals surface area contributed by atoms with Crippen molar-refractivity contribution in [3.63, 3.8) is 0 Å². The van der Waals surface area contributed by atoms with E-state index in [0.717, 1.165) is 6.42 Å². The second kappa shape index (κ2) is 7.82. The van der Waals surface area contributed by atoms with Crippen LogP contribution in [0.2, 0.25) is 0 Å². The van der Waals surface area contributed by atoms with Crippen molar-refractivity contribution in [2.24, 2.45) is 10.9 Å². The molecule has 0 saturated carbocycles. The van der Waals surface area contributed by atoms with Gasteiger partial charge in [-0.15, -0.1) is 0 Å². The van der Waals surface area contributed by atoms with Gasteiger partial charge in [-0.1, -0.05) is 12.1 Å². The van der Waals surface area contributed by atoms with Gasteiger partial charge in [0, 0.05) is 13.2 Å². The Morgan fingerprint density at radius 3 is 2.77 bits per heavy atom. The fourth-order valence-corrected chi connectivity index (χ4v) is 0.977. The molecule has 13 heavy (non-hydrogen) atoms. The summed E-state index contributed by atoms with van der Waals surface area (Å²) in [5.74, 6) is 0.221. The van der Waals surface area contributed by atoms with Crippen molar-refractivity contribution in [1.82, 2.24) is 5.32 Å². The molecule has 0 rings (SSSR count). The Morgan fingerprint density at radius 2 is 2.31 bits per heavy atom. The molecular formula is C8H19N3O2. The highest BCUT2D eigenvalue weighted by Gasteiger charge is 2.09. The number of rotatable bonds is 7. The van der Waals surface area contributed by atoms with Crippen LogP contribution in [0.1, 0.15) is 20.3 Å². The minimum Gasteiger partial charge on any atom is -0.409 e. The molecule has 1 unspecified atom stereocenters. The summed E-state index contributed by atoms with van der Waals surface area (Å²) in [6, 6.07) is -0.0644. The second-order valence-electron chi connectivity index (χ2n) is 2.64. The lowest BCUT2D eigenvalue weighted by atomic mass is 10.2. The van der Waals surface area contributed by atoms with Crippen molar-refractivity contribution in [2.45, 2.75) is 26.3 Å². The van der Waals surface area contributed by atoms with Gasteiger partial charge in [0.1, 0.15) is 0 Å². The molecule has 0 aliphatic carbocycles. The molecule has 0 aromatic heterocycles. The number of amidine groups is 1. The van der Waals surface area contributed by atoms with Crippen molar-refractivity contribution < 1.29 is 9.94 Å². The molecule has 0 aromatic rings. The number of hydrogen-bond acceptors (Lipinski definition) is 4. The first kappa shape index (κ1) is 12.2. The van der Waals surface area contributed by atoms with Crippen LogP contribution in [0.25, 0.3) is 0 Å². The van der Waals surface area contributed by atoms with E-state index in [1.165, 1.54) is 0 Å². The van der Waals surface area contributed by atoms with Crippen molar-refractivity contribution in [2.75, 3.05) is 19.8 Å². The Balaban J connectivity index is 3.60. The van der Waals surface area contributed by atoms with Crippen molar-refractivity contribution in [3.05, 3.63) is 0 Å². The Labute approximate surface area is 78.9 Å². The van der Waals surface area contributed by atoms with Crippen LogP contribution in [0.5, 0.6) is 0 Å². The second-order valence-corrected chi connectivity index (χ2v) is 2.64. The van der Waals surface area contributed by atoms with Crippen LogP contribution in [0.4, 0.5) is 0 Å². The Morgan fingerprint density at radius 1 is 1.62 bits per heavy atom. The maximum atomic E-state index is 8.43. The summed E-state index contributed by atoms with van der Waals surface area (Å²) in [5.41, 5.74) is 5.44. The minimum atomic E-state index is -0.0644. The quantitative estimate of drug-likeness (QED) is 0.175. The molecule has 0 bridgehead atoms. The third-order valence-corrected chi connectivity index (χ3v) is 1.72. The van der Waals surface area contributed by atoms with Gasteiger partial charge in [-0.3, -0.25) is 0 Å². The van der Waals surface area contributed by atoms with E-state index in [-0.39, 0.29) is 11.9 Å². The molecular weight excluding hydrogens is 170 g/mol. The number of nitrogens with one attached hydrogen (secondary N) is 1. The van der Waals surface area contributed by atoms with Gasteiger partial charge < -0.3 is 21.0 Å². The van der Waals surface area contributed by atoms with Crippen molar-refractivity contribution >= 4 is 5.84 Å². The predicted octanol–water partition coefficient (Wildman–Crippen LogP) is 0.138. The van der Waals surface area contributed by atoms with Gasteiger partial charge >= 0.3 is 0 Å². The Hall–Kier alpha value is -0.810. The smallest absolute Gasteiger partial charge is 0.156 e. The zero-order chi connectivity index (χ0) is 10.1. The monoisotopic (exact) mass is 189 g/mol. The highest BCUT2D eigenvalue weighted by atomic mass is 16.5. The standard InChI is InChI=1S/C8H19N3O2/c1-3-7(8(9)11-12)10-5-6-13-4-2/h7,10,12H,3-6H2,1-2H3,(H2,9,11). The fraction of sp³-hybridized carbons (Fsp3) is 0.875. The van der Waals surface area contributed by atoms with Crippen LogP contribution in [-0.4, -0.2) is 36.8 Å². The topological polar surface area (TPSA) is 79.9 Å². The van der Waals surface area contributed by atoms with Crippen LogP contribution in [-0.2, 0) is 4.74 Å². The van der Waals surface area contributed by atoms with Crippen LogP contribution >= 0.6 is 0 Å². The van der Waals surface area contributed by atoms with E-state index in [0.29, 0.717) is 19.8 Å². The molecule has 0 aliphatic heterocycles. The highest BCUT2D eigenvalue weighted by Crippen LogP contribution is 1.90. The normalized spacial score (nSPS) is 14.5. The zero-order valence-corrected chi connectivity index (χ0v) is 8.29. The predicted molar refractivity (Wildman–Crippen MR) is 52.0 cm³/mol. The summed E-state index contributed by atoms with van der Waals surface area (Å²) < 4.78 is 5.14. The minimum absolute atomic E-state index is 0.0644. The summed E-state index contributed by atoms with van der Waals surface area (Å²) in [4.78, 5) is 0. The molecule has 0 saturated heterocycles. The van der Waals surface area contributed by atoms with Crippen molar-refractivity contribution in [1.29, 1.82) is 0 Å². The number of nitrogens with zero attached hydrogens (tertiary/aromatic N) is 1. The van der Waals surface area contributed by atoms with Crippen LogP contribution < -0.4 is 11.1 Å². The lowest BCUT2D eigenvalue weighted by Crippen LogP contribution is -2.42. The van der Waals surface area contributed by atoms with Crippen molar-refractivity contribution in [3.8, 4) is 0 Å². The lowest BCUT2D eigenvalue weighted by molar-refractivity contribution is 0.148. The van der Waals surface area contributed by atoms with Gasteiger partial charge in [0.25, 0.3) is 0 Å². The SMILES string of the molecule is CCOCCNC(CC)C(N)=NO. The van der Waals surface area contributed by atoms with Gasteiger partial charge in [0.05, 0.1) is 12.6 Å². The molecule has 0 aromatic carbocycles. The molecule has 5 heteroatoms. The maximum absolute atomic E-state index is 8.43. The summed E-state index contributed by atoms with van der Waals surface area (Å²) in [6.07, 6.45) is 0.794. The largest absolute Gasteiger partial charge is 0.409 e. The molecule has 0 heterocycles. The third kappa shape index (κ3) is 5.43. The molecule has 78 valence electrons. The highest BCUT2D eigenvalue weighted by molar-refractivity contribution is 5.85. The lowest BCUT2D eigenvalue weighted by Gasteiger charge is -2.14. The molecule has 1 atom stereocenters. The number of ether oxygens (including phenoxy) is 1. The van der Waals surface area contributed by atoms with Gasteiger partial charge in [0.2, 0.25) is 0 Å². The molecule has 0 spiro atoms. The number of hydrogen-bond donors (Lipinski definition) is 3. The van der Waals surface area contributed by atoms with E-state index in [1.54, 1.807) is 0 Å². The first-order chi connectivity index (χ1) is 6.26. The van der Waals surface area contributed by atoms with Gasteiger partial charge in [-0.2, -0.15) is 0 Å². The third-order valence-electron chi connectivity index (χ3n) is 1.72. The summed E-state index contributed by atoms with van der Waals surface area (Å²) >= 11 is 0. The first-order valence-electron chi connectivity index (χ1n) is 4.54. The average molecular weight is 189 g/mol. The van der Waals surface area contributed by atoms with Crippen LogP contribution in [0.15, 0.2) is 5.16 Å². The van der Waals surface area contributed by atoms with Gasteiger partial charge in [-0.25, -0.2) is 0 Å². The Kier molecular flexibility index (Phi) is 7.33. The fourth-order valence-electron chi connectivity index (χ4n) is 0.977. The molecule has 0 aliphatic rings. The van der Waals surface area contributed by atoms with E-state index in [9.17, 15) is 0 Å². The molecule has 0 fully saturated rings. The molecule has 5 nitrogen and oxygen atoms in total. The molecule has 4 N–H and O–H groups in total. The number of oxime groups is 1. The zero-order valence-electron chi connectivity index (χ0n) is 8.29. The van der Waals surface area contributed by atoms with Gasteiger partial charge in [0.15, 0.2) is 5.84 Å². The summed E-state index contributed by atoms with van der Waals surface area (Å²) in [7, 11) is 0. The number of nitrogens with two attached hydrogens (primary N) is 1. The van der Waals surface area contributed by atoms with E-state index < -0.39 is 0 Å². The van der Waals surface area contributed by atoms with Crippen LogP contribution in [0.3, 0.4) is 0 Å². The molecule has 0 radical (unpaired) electrons. The van der Waals surface area contributed by atoms with E-state index in [2.05, 4.69) is 10.5 Å². The van der Waals surface area contributed by atoms with Gasteiger partial charge in [-0.05, 0) is 13.3 Å².